The highest BCUT2D eigenvalue weighted by molar-refractivity contribution is 6.20. The van der Waals surface area contributed by atoms with Crippen molar-refractivity contribution < 1.29 is 4.79 Å². The molecule has 1 amide bonds. The molecule has 0 aromatic carbocycles. The van der Waals surface area contributed by atoms with Crippen LogP contribution in [-0.2, 0) is 7.05 Å². The van der Waals surface area contributed by atoms with Crippen molar-refractivity contribution in [2.24, 2.45) is 7.05 Å². The minimum Gasteiger partial charge on any atom is -0.352 e. The van der Waals surface area contributed by atoms with Gasteiger partial charge in [0.25, 0.3) is 5.91 Å². The molecular formula is C11H18ClN3O. The summed E-state index contributed by atoms with van der Waals surface area (Å²) in [6.07, 6.45) is 3.54. The Bertz CT molecular complexity index is 360. The van der Waals surface area contributed by atoms with Gasteiger partial charge in [-0.15, -0.1) is 11.6 Å². The van der Waals surface area contributed by atoms with Crippen LogP contribution in [0.4, 0.5) is 0 Å². The summed E-state index contributed by atoms with van der Waals surface area (Å²) in [5.74, 6) is -0.0622. The van der Waals surface area contributed by atoms with Crippen LogP contribution in [0.1, 0.15) is 35.8 Å². The number of hydrogen-bond acceptors (Lipinski definition) is 2. The topological polar surface area (TPSA) is 46.9 Å². The third-order valence-electron chi connectivity index (χ3n) is 2.32. The van der Waals surface area contributed by atoms with Gasteiger partial charge in [-0.2, -0.15) is 5.10 Å². The lowest BCUT2D eigenvalue weighted by molar-refractivity contribution is 0.0952. The number of nitrogens with zero attached hydrogens (tertiary/aromatic N) is 2. The number of aromatic nitrogens is 2. The molecule has 1 atom stereocenters. The van der Waals surface area contributed by atoms with E-state index in [1.54, 1.807) is 17.9 Å². The zero-order valence-corrected chi connectivity index (χ0v) is 10.7. The summed E-state index contributed by atoms with van der Waals surface area (Å²) in [5.41, 5.74) is 1.40. The number of carbonyl (C=O) groups excluding carboxylic acids is 1. The Hall–Kier alpha value is -1.03. The van der Waals surface area contributed by atoms with Crippen molar-refractivity contribution in [1.29, 1.82) is 0 Å². The third-order valence-corrected chi connectivity index (χ3v) is 2.54. The van der Waals surface area contributed by atoms with Gasteiger partial charge in [-0.1, -0.05) is 0 Å². The molecule has 0 saturated heterocycles. The summed E-state index contributed by atoms with van der Waals surface area (Å²) in [7, 11) is 1.80. The van der Waals surface area contributed by atoms with Crippen LogP contribution < -0.4 is 5.32 Å². The van der Waals surface area contributed by atoms with E-state index in [-0.39, 0.29) is 11.3 Å². The van der Waals surface area contributed by atoms with Crippen LogP contribution in [0.25, 0.3) is 0 Å². The van der Waals surface area contributed by atoms with E-state index >= 15 is 0 Å². The zero-order valence-electron chi connectivity index (χ0n) is 9.96. The van der Waals surface area contributed by atoms with Gasteiger partial charge in [0.05, 0.1) is 11.3 Å². The fourth-order valence-electron chi connectivity index (χ4n) is 1.50. The number of aryl methyl sites for hydroxylation is 2. The molecule has 0 radical (unpaired) electrons. The van der Waals surface area contributed by atoms with Gasteiger partial charge in [0.2, 0.25) is 0 Å². The van der Waals surface area contributed by atoms with Crippen molar-refractivity contribution in [3.63, 3.8) is 0 Å². The Balaban J connectivity index is 2.38. The van der Waals surface area contributed by atoms with Crippen LogP contribution in [0.3, 0.4) is 0 Å². The second kappa shape index (κ2) is 5.89. The molecule has 1 aromatic rings. The Labute approximate surface area is 101 Å². The molecule has 1 aromatic heterocycles. The van der Waals surface area contributed by atoms with Crippen LogP contribution in [0.2, 0.25) is 0 Å². The maximum atomic E-state index is 11.7. The zero-order chi connectivity index (χ0) is 12.1. The summed E-state index contributed by atoms with van der Waals surface area (Å²) in [4.78, 5) is 11.7. The molecule has 16 heavy (non-hydrogen) atoms. The molecule has 0 aliphatic heterocycles. The maximum absolute atomic E-state index is 11.7. The maximum Gasteiger partial charge on any atom is 0.254 e. The van der Waals surface area contributed by atoms with E-state index in [1.807, 2.05) is 13.8 Å². The van der Waals surface area contributed by atoms with Gasteiger partial charge in [0.1, 0.15) is 0 Å². The van der Waals surface area contributed by atoms with Crippen molar-refractivity contribution in [2.45, 2.75) is 32.1 Å². The van der Waals surface area contributed by atoms with E-state index in [2.05, 4.69) is 10.4 Å². The third kappa shape index (κ3) is 3.85. The fraction of sp³-hybridized carbons (Fsp3) is 0.636. The predicted molar refractivity (Wildman–Crippen MR) is 64.8 cm³/mol. The lowest BCUT2D eigenvalue weighted by Crippen LogP contribution is -2.25. The predicted octanol–water partition coefficient (Wildman–Crippen LogP) is 1.87. The van der Waals surface area contributed by atoms with Crippen LogP contribution in [0.5, 0.6) is 0 Å². The quantitative estimate of drug-likeness (QED) is 0.634. The highest BCUT2D eigenvalue weighted by Crippen LogP contribution is 2.05. The lowest BCUT2D eigenvalue weighted by Gasteiger charge is -2.05. The second-order valence-corrected chi connectivity index (χ2v) is 4.73. The second-order valence-electron chi connectivity index (χ2n) is 3.98. The fourth-order valence-corrected chi connectivity index (χ4v) is 1.66. The molecule has 1 heterocycles. The van der Waals surface area contributed by atoms with E-state index in [1.165, 1.54) is 0 Å². The van der Waals surface area contributed by atoms with Gasteiger partial charge in [0, 0.05) is 25.2 Å². The number of hydrogen-bond donors (Lipinski definition) is 1. The molecule has 1 N–H and O–H groups in total. The Morgan fingerprint density at radius 3 is 2.88 bits per heavy atom. The molecule has 90 valence electrons. The van der Waals surface area contributed by atoms with Gasteiger partial charge in [-0.05, 0) is 26.7 Å². The highest BCUT2D eigenvalue weighted by atomic mass is 35.5. The summed E-state index contributed by atoms with van der Waals surface area (Å²) in [6, 6.07) is 0. The molecule has 5 heteroatoms. The number of rotatable bonds is 5. The van der Waals surface area contributed by atoms with Crippen molar-refractivity contribution in [2.75, 3.05) is 6.54 Å². The monoisotopic (exact) mass is 243 g/mol. The number of alkyl halides is 1. The standard InChI is InChI=1S/C11H18ClN3O/c1-8(12)5-4-6-13-11(16)10-7-15(3)14-9(10)2/h7-8H,4-6H2,1-3H3,(H,13,16). The van der Waals surface area contributed by atoms with Crippen molar-refractivity contribution >= 4 is 17.5 Å². The Morgan fingerprint density at radius 2 is 2.38 bits per heavy atom. The summed E-state index contributed by atoms with van der Waals surface area (Å²) in [6.45, 7) is 4.44. The largest absolute Gasteiger partial charge is 0.352 e. The summed E-state index contributed by atoms with van der Waals surface area (Å²) in [5, 5.41) is 7.14. The van der Waals surface area contributed by atoms with E-state index in [0.717, 1.165) is 18.5 Å². The Morgan fingerprint density at radius 1 is 1.69 bits per heavy atom. The van der Waals surface area contributed by atoms with Crippen LogP contribution in [0.15, 0.2) is 6.20 Å². The number of nitrogens with one attached hydrogen (secondary N) is 1. The first kappa shape index (κ1) is 13.0. The van der Waals surface area contributed by atoms with Gasteiger partial charge in [0.15, 0.2) is 0 Å². The molecule has 1 rings (SSSR count). The average Bonchev–Trinajstić information content (AvgIpc) is 2.52. The lowest BCUT2D eigenvalue weighted by atomic mass is 10.2. The van der Waals surface area contributed by atoms with Gasteiger partial charge in [-0.25, -0.2) is 0 Å². The molecule has 0 bridgehead atoms. The molecule has 4 nitrogen and oxygen atoms in total. The molecule has 0 aliphatic rings. The minimum atomic E-state index is -0.0622. The molecule has 0 fully saturated rings. The molecule has 1 unspecified atom stereocenters. The van der Waals surface area contributed by atoms with Crippen molar-refractivity contribution in [1.82, 2.24) is 15.1 Å². The van der Waals surface area contributed by atoms with E-state index in [0.29, 0.717) is 12.1 Å². The summed E-state index contributed by atoms with van der Waals surface area (Å²) >= 11 is 5.81. The van der Waals surface area contributed by atoms with E-state index in [4.69, 9.17) is 11.6 Å². The number of amides is 1. The first-order valence-corrected chi connectivity index (χ1v) is 5.87. The smallest absolute Gasteiger partial charge is 0.254 e. The van der Waals surface area contributed by atoms with Gasteiger partial charge >= 0.3 is 0 Å². The molecule has 0 saturated carbocycles. The molecule has 0 aliphatic carbocycles. The Kier molecular flexibility index (Phi) is 4.80. The number of carbonyl (C=O) groups is 1. The van der Waals surface area contributed by atoms with Gasteiger partial charge < -0.3 is 5.32 Å². The first-order valence-electron chi connectivity index (χ1n) is 5.43. The van der Waals surface area contributed by atoms with Crippen LogP contribution >= 0.6 is 11.6 Å². The van der Waals surface area contributed by atoms with Crippen LogP contribution in [0, 0.1) is 6.92 Å². The SMILES string of the molecule is Cc1nn(C)cc1C(=O)NCCCC(C)Cl. The summed E-state index contributed by atoms with van der Waals surface area (Å²) < 4.78 is 1.64. The van der Waals surface area contributed by atoms with Crippen molar-refractivity contribution in [3.8, 4) is 0 Å². The first-order chi connectivity index (χ1) is 7.50. The van der Waals surface area contributed by atoms with Crippen LogP contribution in [-0.4, -0.2) is 27.6 Å². The van der Waals surface area contributed by atoms with E-state index in [9.17, 15) is 4.79 Å². The minimum absolute atomic E-state index is 0.0622. The van der Waals surface area contributed by atoms with Gasteiger partial charge in [-0.3, -0.25) is 9.48 Å². The highest BCUT2D eigenvalue weighted by Gasteiger charge is 2.11. The van der Waals surface area contributed by atoms with Crippen molar-refractivity contribution in [3.05, 3.63) is 17.5 Å². The normalized spacial score (nSPS) is 12.5. The molecular weight excluding hydrogens is 226 g/mol. The molecule has 0 spiro atoms. The average molecular weight is 244 g/mol. The number of halogens is 1. The van der Waals surface area contributed by atoms with E-state index < -0.39 is 0 Å².